The standard InChI is InChI=1S/C19H26N2O4/c1-10(16-6-15(11(2)25-16)17(22)21-24)20-18(23)19-7-12-3-13(8-19)5-14(4-12)9-19/h6,10,12-14,24H,3-5,7-9H2,1-2H3,(H,20,23)(H,21,22). The maximum absolute atomic E-state index is 13.1. The summed E-state index contributed by atoms with van der Waals surface area (Å²) in [6, 6.07) is 1.28. The molecule has 4 saturated carbocycles. The van der Waals surface area contributed by atoms with Gasteiger partial charge in [-0.25, -0.2) is 5.48 Å². The van der Waals surface area contributed by atoms with Crippen molar-refractivity contribution >= 4 is 11.8 Å². The van der Waals surface area contributed by atoms with Crippen molar-refractivity contribution in [3.05, 3.63) is 23.2 Å². The normalized spacial score (nSPS) is 34.0. The van der Waals surface area contributed by atoms with Crippen LogP contribution >= 0.6 is 0 Å². The Hall–Kier alpha value is -1.82. The number of carbonyl (C=O) groups excluding carboxylic acids is 2. The van der Waals surface area contributed by atoms with E-state index in [1.807, 2.05) is 6.92 Å². The molecule has 4 aliphatic carbocycles. The molecular formula is C19H26N2O4. The molecule has 0 saturated heterocycles. The molecule has 1 aromatic rings. The SMILES string of the molecule is Cc1oc(C(C)NC(=O)C23CC4CC(CC(C4)C2)C3)cc1C(=O)NO. The molecule has 1 heterocycles. The minimum atomic E-state index is -0.605. The number of furan rings is 1. The van der Waals surface area contributed by atoms with E-state index in [-0.39, 0.29) is 22.9 Å². The molecule has 0 radical (unpaired) electrons. The Kier molecular flexibility index (Phi) is 3.90. The van der Waals surface area contributed by atoms with Crippen molar-refractivity contribution in [1.82, 2.24) is 10.8 Å². The van der Waals surface area contributed by atoms with Crippen LogP contribution in [0.2, 0.25) is 0 Å². The molecule has 3 N–H and O–H groups in total. The summed E-state index contributed by atoms with van der Waals surface area (Å²) in [5.41, 5.74) is 1.70. The van der Waals surface area contributed by atoms with Gasteiger partial charge in [-0.05, 0) is 76.2 Å². The number of hydrogen-bond acceptors (Lipinski definition) is 4. The average Bonchev–Trinajstić information content (AvgIpc) is 2.95. The molecule has 25 heavy (non-hydrogen) atoms. The maximum Gasteiger partial charge on any atom is 0.278 e. The van der Waals surface area contributed by atoms with Gasteiger partial charge in [-0.1, -0.05) is 0 Å². The summed E-state index contributed by atoms with van der Waals surface area (Å²) in [5.74, 6) is 2.66. The molecule has 0 aliphatic heterocycles. The summed E-state index contributed by atoms with van der Waals surface area (Å²) in [6.45, 7) is 3.54. The van der Waals surface area contributed by atoms with Gasteiger partial charge in [0, 0.05) is 5.41 Å². The highest BCUT2D eigenvalue weighted by molar-refractivity contribution is 5.94. The van der Waals surface area contributed by atoms with Crippen LogP contribution in [-0.2, 0) is 4.79 Å². The second kappa shape index (κ2) is 5.87. The predicted octanol–water partition coefficient (Wildman–Crippen LogP) is 3.10. The van der Waals surface area contributed by atoms with Crippen LogP contribution in [0.4, 0.5) is 0 Å². The third kappa shape index (κ3) is 2.76. The first kappa shape index (κ1) is 16.6. The van der Waals surface area contributed by atoms with Crippen molar-refractivity contribution in [2.24, 2.45) is 23.2 Å². The second-order valence-corrected chi connectivity index (χ2v) is 8.45. The van der Waals surface area contributed by atoms with E-state index >= 15 is 0 Å². The first-order valence-corrected chi connectivity index (χ1v) is 9.26. The molecule has 6 heteroatoms. The Balaban J connectivity index is 1.49. The van der Waals surface area contributed by atoms with Crippen LogP contribution in [0.5, 0.6) is 0 Å². The van der Waals surface area contributed by atoms with Crippen molar-refractivity contribution in [3.63, 3.8) is 0 Å². The molecule has 136 valence electrons. The number of hydrogen-bond donors (Lipinski definition) is 3. The number of rotatable bonds is 4. The highest BCUT2D eigenvalue weighted by Gasteiger charge is 2.54. The van der Waals surface area contributed by atoms with E-state index in [0.29, 0.717) is 11.5 Å². The fourth-order valence-electron chi connectivity index (χ4n) is 5.81. The highest BCUT2D eigenvalue weighted by Crippen LogP contribution is 2.60. The van der Waals surface area contributed by atoms with E-state index in [4.69, 9.17) is 9.62 Å². The third-order valence-corrected chi connectivity index (χ3v) is 6.58. The molecular weight excluding hydrogens is 320 g/mol. The van der Waals surface area contributed by atoms with Crippen molar-refractivity contribution in [2.75, 3.05) is 0 Å². The van der Waals surface area contributed by atoms with E-state index in [1.165, 1.54) is 19.3 Å². The lowest BCUT2D eigenvalue weighted by atomic mass is 9.49. The van der Waals surface area contributed by atoms with Crippen LogP contribution in [-0.4, -0.2) is 17.0 Å². The summed E-state index contributed by atoms with van der Waals surface area (Å²) >= 11 is 0. The van der Waals surface area contributed by atoms with E-state index < -0.39 is 5.91 Å². The number of nitrogens with one attached hydrogen (secondary N) is 2. The van der Waals surface area contributed by atoms with E-state index in [1.54, 1.807) is 18.5 Å². The minimum Gasteiger partial charge on any atom is -0.463 e. The molecule has 2 amide bonds. The molecule has 0 spiro atoms. The van der Waals surface area contributed by atoms with Gasteiger partial charge in [-0.3, -0.25) is 14.8 Å². The Morgan fingerprint density at radius 3 is 2.28 bits per heavy atom. The van der Waals surface area contributed by atoms with Crippen molar-refractivity contribution in [3.8, 4) is 0 Å². The van der Waals surface area contributed by atoms with Crippen LogP contribution in [0.25, 0.3) is 0 Å². The summed E-state index contributed by atoms with van der Waals surface area (Å²) in [7, 11) is 0. The summed E-state index contributed by atoms with van der Waals surface area (Å²) < 4.78 is 5.63. The zero-order chi connectivity index (χ0) is 17.8. The van der Waals surface area contributed by atoms with E-state index in [9.17, 15) is 9.59 Å². The van der Waals surface area contributed by atoms with Gasteiger partial charge in [0.15, 0.2) is 0 Å². The Labute approximate surface area is 147 Å². The molecule has 4 aliphatic rings. The van der Waals surface area contributed by atoms with Crippen LogP contribution < -0.4 is 10.8 Å². The van der Waals surface area contributed by atoms with Crippen molar-refractivity contribution in [1.29, 1.82) is 0 Å². The van der Waals surface area contributed by atoms with Gasteiger partial charge in [0.25, 0.3) is 5.91 Å². The second-order valence-electron chi connectivity index (χ2n) is 8.45. The largest absolute Gasteiger partial charge is 0.463 e. The molecule has 1 aromatic heterocycles. The van der Waals surface area contributed by atoms with Crippen LogP contribution in [0.15, 0.2) is 10.5 Å². The summed E-state index contributed by atoms with van der Waals surface area (Å²) in [4.78, 5) is 24.7. The lowest BCUT2D eigenvalue weighted by Crippen LogP contribution is -2.53. The highest BCUT2D eigenvalue weighted by atomic mass is 16.5. The topological polar surface area (TPSA) is 91.6 Å². The molecule has 0 aromatic carbocycles. The van der Waals surface area contributed by atoms with Gasteiger partial charge >= 0.3 is 0 Å². The first-order chi connectivity index (χ1) is 11.9. The van der Waals surface area contributed by atoms with E-state index in [2.05, 4.69) is 5.32 Å². The zero-order valence-electron chi connectivity index (χ0n) is 14.8. The number of amides is 2. The Morgan fingerprint density at radius 2 is 1.76 bits per heavy atom. The molecule has 1 atom stereocenters. The predicted molar refractivity (Wildman–Crippen MR) is 89.9 cm³/mol. The monoisotopic (exact) mass is 346 g/mol. The van der Waals surface area contributed by atoms with Gasteiger partial charge in [0.2, 0.25) is 5.91 Å². The third-order valence-electron chi connectivity index (χ3n) is 6.58. The quantitative estimate of drug-likeness (QED) is 0.577. The fraction of sp³-hybridized carbons (Fsp3) is 0.684. The van der Waals surface area contributed by atoms with E-state index in [0.717, 1.165) is 37.0 Å². The number of carbonyl (C=O) groups is 2. The molecule has 1 unspecified atom stereocenters. The number of aryl methyl sites for hydroxylation is 1. The van der Waals surface area contributed by atoms with Gasteiger partial charge in [0.05, 0.1) is 11.6 Å². The zero-order valence-corrected chi connectivity index (χ0v) is 14.8. The maximum atomic E-state index is 13.1. The fourth-order valence-corrected chi connectivity index (χ4v) is 5.81. The Morgan fingerprint density at radius 1 is 1.20 bits per heavy atom. The van der Waals surface area contributed by atoms with Crippen molar-refractivity contribution < 1.29 is 19.2 Å². The summed E-state index contributed by atoms with van der Waals surface area (Å²) in [5, 5.41) is 11.9. The molecule has 4 fully saturated rings. The smallest absolute Gasteiger partial charge is 0.278 e. The average molecular weight is 346 g/mol. The number of hydroxylamine groups is 1. The van der Waals surface area contributed by atoms with Crippen molar-refractivity contribution in [2.45, 2.75) is 58.4 Å². The van der Waals surface area contributed by atoms with Gasteiger partial charge < -0.3 is 9.73 Å². The van der Waals surface area contributed by atoms with Gasteiger partial charge in [0.1, 0.15) is 11.5 Å². The molecule has 6 nitrogen and oxygen atoms in total. The lowest BCUT2D eigenvalue weighted by molar-refractivity contribution is -0.147. The molecule has 4 bridgehead atoms. The minimum absolute atomic E-state index is 0.140. The van der Waals surface area contributed by atoms with Gasteiger partial charge in [-0.2, -0.15) is 0 Å². The van der Waals surface area contributed by atoms with Crippen LogP contribution in [0, 0.1) is 30.1 Å². The van der Waals surface area contributed by atoms with Crippen LogP contribution in [0.1, 0.15) is 73.4 Å². The summed E-state index contributed by atoms with van der Waals surface area (Å²) in [6.07, 6.45) is 6.98. The van der Waals surface area contributed by atoms with Gasteiger partial charge in [-0.15, -0.1) is 0 Å². The Bertz CT molecular complexity index is 673. The van der Waals surface area contributed by atoms with Crippen LogP contribution in [0.3, 0.4) is 0 Å². The lowest BCUT2D eigenvalue weighted by Gasteiger charge is -2.55. The first-order valence-electron chi connectivity index (χ1n) is 9.26. The molecule has 5 rings (SSSR count).